The summed E-state index contributed by atoms with van der Waals surface area (Å²) in [7, 11) is 0. The number of hydrogen-bond donors (Lipinski definition) is 1. The first-order valence-electron chi connectivity index (χ1n) is 5.30. The average molecular weight is 279 g/mol. The van der Waals surface area contributed by atoms with E-state index in [0.29, 0.717) is 27.2 Å². The van der Waals surface area contributed by atoms with E-state index in [2.05, 4.69) is 10.3 Å². The van der Waals surface area contributed by atoms with E-state index in [0.717, 1.165) is 5.69 Å². The summed E-state index contributed by atoms with van der Waals surface area (Å²) in [5.41, 5.74) is 2.13. The minimum absolute atomic E-state index is 0.389. The Balaban J connectivity index is 1.98. The van der Waals surface area contributed by atoms with E-state index in [1.54, 1.807) is 24.3 Å². The van der Waals surface area contributed by atoms with Gasteiger partial charge in [-0.25, -0.2) is 0 Å². The van der Waals surface area contributed by atoms with E-state index >= 15 is 0 Å². The Morgan fingerprint density at radius 3 is 2.72 bits per heavy atom. The summed E-state index contributed by atoms with van der Waals surface area (Å²) in [5, 5.41) is 4.26. The van der Waals surface area contributed by atoms with Gasteiger partial charge in [0, 0.05) is 5.02 Å². The first kappa shape index (κ1) is 11.4. The van der Waals surface area contributed by atoms with E-state index in [1.165, 1.54) is 0 Å². The maximum absolute atomic E-state index is 6.05. The number of anilines is 2. The number of nitrogens with zero attached hydrogens (tertiary/aromatic N) is 1. The van der Waals surface area contributed by atoms with Gasteiger partial charge in [-0.2, -0.15) is 4.98 Å². The van der Waals surface area contributed by atoms with Gasteiger partial charge in [-0.3, -0.25) is 0 Å². The molecule has 0 aliphatic carbocycles. The molecule has 0 unspecified atom stereocenters. The number of halogens is 2. The smallest absolute Gasteiger partial charge is 0.300 e. The van der Waals surface area contributed by atoms with Crippen molar-refractivity contribution >= 4 is 46.0 Å². The maximum atomic E-state index is 6.05. The minimum atomic E-state index is 0.389. The average Bonchev–Trinajstić information content (AvgIpc) is 2.73. The molecule has 18 heavy (non-hydrogen) atoms. The SMILES string of the molecule is Clc1ccc2oc(Nc3ccccc3Cl)nc2c1. The van der Waals surface area contributed by atoms with Crippen LogP contribution in [-0.4, -0.2) is 4.98 Å². The Bertz CT molecular complexity index is 709. The molecular formula is C13H8Cl2N2O. The molecule has 5 heteroatoms. The van der Waals surface area contributed by atoms with Crippen molar-refractivity contribution in [3.8, 4) is 0 Å². The fourth-order valence-electron chi connectivity index (χ4n) is 1.63. The third-order valence-electron chi connectivity index (χ3n) is 2.47. The lowest BCUT2D eigenvalue weighted by molar-refractivity contribution is 0.623. The maximum Gasteiger partial charge on any atom is 0.300 e. The van der Waals surface area contributed by atoms with Gasteiger partial charge in [-0.15, -0.1) is 0 Å². The molecule has 0 saturated carbocycles. The summed E-state index contributed by atoms with van der Waals surface area (Å²) >= 11 is 11.9. The third-order valence-corrected chi connectivity index (χ3v) is 3.03. The third kappa shape index (κ3) is 2.15. The van der Waals surface area contributed by atoms with E-state index in [9.17, 15) is 0 Å². The van der Waals surface area contributed by atoms with E-state index < -0.39 is 0 Å². The van der Waals surface area contributed by atoms with Gasteiger partial charge in [0.05, 0.1) is 10.7 Å². The van der Waals surface area contributed by atoms with Crippen LogP contribution in [0, 0.1) is 0 Å². The zero-order chi connectivity index (χ0) is 12.5. The highest BCUT2D eigenvalue weighted by molar-refractivity contribution is 6.33. The Hall–Kier alpha value is -1.71. The molecule has 2 aromatic carbocycles. The van der Waals surface area contributed by atoms with Crippen LogP contribution >= 0.6 is 23.2 Å². The molecule has 0 radical (unpaired) electrons. The van der Waals surface area contributed by atoms with Crippen molar-refractivity contribution in [2.45, 2.75) is 0 Å². The second kappa shape index (κ2) is 4.52. The molecule has 0 aliphatic heterocycles. The van der Waals surface area contributed by atoms with Crippen molar-refractivity contribution < 1.29 is 4.42 Å². The molecule has 0 amide bonds. The summed E-state index contributed by atoms with van der Waals surface area (Å²) in [6.45, 7) is 0. The van der Waals surface area contributed by atoms with E-state index in [-0.39, 0.29) is 0 Å². The molecule has 1 aromatic heterocycles. The lowest BCUT2D eigenvalue weighted by atomic mass is 10.3. The van der Waals surface area contributed by atoms with Crippen molar-refractivity contribution in [3.05, 3.63) is 52.5 Å². The largest absolute Gasteiger partial charge is 0.423 e. The molecule has 0 aliphatic rings. The van der Waals surface area contributed by atoms with Gasteiger partial charge in [0.1, 0.15) is 5.52 Å². The van der Waals surface area contributed by atoms with E-state index in [1.807, 2.05) is 18.2 Å². The fourth-order valence-corrected chi connectivity index (χ4v) is 1.98. The van der Waals surface area contributed by atoms with Crippen molar-refractivity contribution in [2.75, 3.05) is 5.32 Å². The first-order chi connectivity index (χ1) is 8.72. The molecule has 90 valence electrons. The van der Waals surface area contributed by atoms with Crippen LogP contribution in [0.3, 0.4) is 0 Å². The van der Waals surface area contributed by atoms with Crippen LogP contribution in [-0.2, 0) is 0 Å². The molecule has 0 bridgehead atoms. The Kier molecular flexibility index (Phi) is 2.86. The molecule has 0 saturated heterocycles. The molecule has 3 nitrogen and oxygen atoms in total. The number of nitrogens with one attached hydrogen (secondary N) is 1. The second-order valence-corrected chi connectivity index (χ2v) is 4.58. The van der Waals surface area contributed by atoms with Gasteiger partial charge in [0.2, 0.25) is 0 Å². The van der Waals surface area contributed by atoms with Gasteiger partial charge < -0.3 is 9.73 Å². The normalized spacial score (nSPS) is 10.8. The zero-order valence-corrected chi connectivity index (χ0v) is 10.7. The number of oxazole rings is 1. The Morgan fingerprint density at radius 1 is 1.06 bits per heavy atom. The molecule has 0 atom stereocenters. The van der Waals surface area contributed by atoms with Crippen LogP contribution in [0.5, 0.6) is 0 Å². The van der Waals surface area contributed by atoms with Crippen molar-refractivity contribution in [3.63, 3.8) is 0 Å². The predicted octanol–water partition coefficient (Wildman–Crippen LogP) is 4.88. The minimum Gasteiger partial charge on any atom is -0.423 e. The van der Waals surface area contributed by atoms with Gasteiger partial charge in [0.15, 0.2) is 5.58 Å². The van der Waals surface area contributed by atoms with Gasteiger partial charge in [-0.05, 0) is 30.3 Å². The first-order valence-corrected chi connectivity index (χ1v) is 6.05. The topological polar surface area (TPSA) is 38.1 Å². The van der Waals surface area contributed by atoms with E-state index in [4.69, 9.17) is 27.6 Å². The van der Waals surface area contributed by atoms with Crippen LogP contribution in [0.1, 0.15) is 0 Å². The zero-order valence-electron chi connectivity index (χ0n) is 9.15. The summed E-state index contributed by atoms with van der Waals surface area (Å²) in [4.78, 5) is 4.29. The standard InChI is InChI=1S/C13H8Cl2N2O/c14-8-5-6-12-11(7-8)17-13(18-12)16-10-4-2-1-3-9(10)15/h1-7H,(H,16,17). The Labute approximate surface area is 113 Å². The van der Waals surface area contributed by atoms with Crippen molar-refractivity contribution in [1.82, 2.24) is 4.98 Å². The number of benzene rings is 2. The molecule has 0 spiro atoms. The number of aromatic nitrogens is 1. The molecule has 3 rings (SSSR count). The molecule has 1 heterocycles. The fraction of sp³-hybridized carbons (Fsp3) is 0. The molecule has 1 N–H and O–H groups in total. The summed E-state index contributed by atoms with van der Waals surface area (Å²) in [5.74, 6) is 0. The summed E-state index contributed by atoms with van der Waals surface area (Å²) < 4.78 is 5.54. The number of fused-ring (bicyclic) bond motifs is 1. The highest BCUT2D eigenvalue weighted by Gasteiger charge is 2.07. The molecule has 3 aromatic rings. The second-order valence-electron chi connectivity index (χ2n) is 3.74. The van der Waals surface area contributed by atoms with Crippen molar-refractivity contribution in [2.24, 2.45) is 0 Å². The van der Waals surface area contributed by atoms with Crippen molar-refractivity contribution in [1.29, 1.82) is 0 Å². The highest BCUT2D eigenvalue weighted by atomic mass is 35.5. The number of hydrogen-bond acceptors (Lipinski definition) is 3. The van der Waals surface area contributed by atoms with Crippen LogP contribution in [0.15, 0.2) is 46.9 Å². The Morgan fingerprint density at radius 2 is 1.89 bits per heavy atom. The van der Waals surface area contributed by atoms with Gasteiger partial charge in [-0.1, -0.05) is 35.3 Å². The van der Waals surface area contributed by atoms with Crippen LogP contribution < -0.4 is 5.32 Å². The van der Waals surface area contributed by atoms with Crippen LogP contribution in [0.4, 0.5) is 11.7 Å². The quantitative estimate of drug-likeness (QED) is 0.726. The number of rotatable bonds is 2. The highest BCUT2D eigenvalue weighted by Crippen LogP contribution is 2.27. The van der Waals surface area contributed by atoms with Crippen LogP contribution in [0.25, 0.3) is 11.1 Å². The molecular weight excluding hydrogens is 271 g/mol. The van der Waals surface area contributed by atoms with Crippen LogP contribution in [0.2, 0.25) is 10.0 Å². The summed E-state index contributed by atoms with van der Waals surface area (Å²) in [6.07, 6.45) is 0. The van der Waals surface area contributed by atoms with Gasteiger partial charge in [0.25, 0.3) is 6.01 Å². The molecule has 0 fully saturated rings. The monoisotopic (exact) mass is 278 g/mol. The number of para-hydroxylation sites is 1. The van der Waals surface area contributed by atoms with Gasteiger partial charge >= 0.3 is 0 Å². The predicted molar refractivity (Wildman–Crippen MR) is 73.8 cm³/mol. The lowest BCUT2D eigenvalue weighted by Crippen LogP contribution is -1.90. The lowest BCUT2D eigenvalue weighted by Gasteiger charge is -2.02. The summed E-state index contributed by atoms with van der Waals surface area (Å²) in [6, 6.07) is 13.1.